The first-order chi connectivity index (χ1) is 10.3. The molecule has 1 N–H and O–H groups in total. The third kappa shape index (κ3) is 3.16. The number of halogens is 1. The summed E-state index contributed by atoms with van der Waals surface area (Å²) in [5.74, 6) is 0. The van der Waals surface area contributed by atoms with Gasteiger partial charge in [0.05, 0.1) is 6.61 Å². The van der Waals surface area contributed by atoms with Crippen LogP contribution in [0.4, 0.5) is 0 Å². The molecule has 0 saturated heterocycles. The number of aryl methyl sites for hydroxylation is 1. The second-order valence-corrected chi connectivity index (χ2v) is 8.88. The van der Waals surface area contributed by atoms with Crippen LogP contribution in [-0.4, -0.2) is 37.0 Å². The Hall–Kier alpha value is -0.660. The predicted molar refractivity (Wildman–Crippen MR) is 92.3 cm³/mol. The van der Waals surface area contributed by atoms with Gasteiger partial charge in [-0.2, -0.15) is 4.31 Å². The molecule has 0 aliphatic heterocycles. The van der Waals surface area contributed by atoms with Crippen LogP contribution in [0.15, 0.2) is 22.4 Å². The molecule has 1 aromatic carbocycles. The standard InChI is InChI=1S/C15H20ClNO3S2/c1-4-7-17(10(2)9-18)22(19,20)15-11(3)13-8-12(16)5-6-14(13)21-15/h5-6,8,10,18H,4,7,9H2,1-3H3. The monoisotopic (exact) mass is 361 g/mol. The molecule has 1 atom stereocenters. The average molecular weight is 362 g/mol. The SMILES string of the molecule is CCCN(C(C)CO)S(=O)(=O)c1sc2ccc(Cl)cc2c1C. The van der Waals surface area contributed by atoms with Gasteiger partial charge >= 0.3 is 0 Å². The van der Waals surface area contributed by atoms with Gasteiger partial charge in [-0.3, -0.25) is 0 Å². The molecule has 7 heteroatoms. The Labute approximate surface area is 140 Å². The highest BCUT2D eigenvalue weighted by atomic mass is 35.5. The van der Waals surface area contributed by atoms with Crippen LogP contribution in [0.3, 0.4) is 0 Å². The summed E-state index contributed by atoms with van der Waals surface area (Å²) in [5, 5.41) is 10.8. The topological polar surface area (TPSA) is 57.6 Å². The van der Waals surface area contributed by atoms with Gasteiger partial charge in [0.15, 0.2) is 0 Å². The molecule has 0 fully saturated rings. The molecule has 1 heterocycles. The van der Waals surface area contributed by atoms with Crippen molar-refractivity contribution in [2.45, 2.75) is 37.4 Å². The van der Waals surface area contributed by atoms with Crippen LogP contribution in [0.1, 0.15) is 25.8 Å². The summed E-state index contributed by atoms with van der Waals surface area (Å²) in [6, 6.07) is 4.95. The van der Waals surface area contributed by atoms with E-state index in [-0.39, 0.29) is 6.61 Å². The minimum absolute atomic E-state index is 0.199. The van der Waals surface area contributed by atoms with Gasteiger partial charge in [-0.25, -0.2) is 8.42 Å². The van der Waals surface area contributed by atoms with Crippen LogP contribution in [0.5, 0.6) is 0 Å². The lowest BCUT2D eigenvalue weighted by molar-refractivity contribution is 0.198. The molecule has 0 aliphatic carbocycles. The van der Waals surface area contributed by atoms with Crippen molar-refractivity contribution >= 4 is 43.0 Å². The van der Waals surface area contributed by atoms with Crippen molar-refractivity contribution < 1.29 is 13.5 Å². The first kappa shape index (κ1) is 17.7. The molecule has 2 rings (SSSR count). The number of benzene rings is 1. The highest BCUT2D eigenvalue weighted by Crippen LogP contribution is 2.37. The van der Waals surface area contributed by atoms with Crippen LogP contribution in [0.2, 0.25) is 5.02 Å². The van der Waals surface area contributed by atoms with Gasteiger partial charge < -0.3 is 5.11 Å². The number of hydrogen-bond acceptors (Lipinski definition) is 4. The minimum Gasteiger partial charge on any atom is -0.395 e. The molecule has 0 amide bonds. The molecular formula is C15H20ClNO3S2. The molecule has 0 spiro atoms. The van der Waals surface area contributed by atoms with Crippen molar-refractivity contribution in [3.05, 3.63) is 28.8 Å². The molecule has 0 bridgehead atoms. The van der Waals surface area contributed by atoms with Gasteiger partial charge in [-0.15, -0.1) is 11.3 Å². The predicted octanol–water partition coefficient (Wildman–Crippen LogP) is 3.64. The third-order valence-electron chi connectivity index (χ3n) is 3.60. The summed E-state index contributed by atoms with van der Waals surface area (Å²) in [4.78, 5) is 0. The first-order valence-corrected chi connectivity index (χ1v) is 9.77. The van der Waals surface area contributed by atoms with E-state index < -0.39 is 16.1 Å². The second-order valence-electron chi connectivity index (χ2n) is 5.30. The lowest BCUT2D eigenvalue weighted by Crippen LogP contribution is -2.41. The minimum atomic E-state index is -3.63. The number of aliphatic hydroxyl groups excluding tert-OH is 1. The summed E-state index contributed by atoms with van der Waals surface area (Å²) < 4.78 is 28.6. The number of rotatable bonds is 6. The normalized spacial score (nSPS) is 13.9. The Balaban J connectivity index is 2.59. The van der Waals surface area contributed by atoms with Crippen LogP contribution < -0.4 is 0 Å². The highest BCUT2D eigenvalue weighted by molar-refractivity contribution is 7.91. The molecule has 4 nitrogen and oxygen atoms in total. The van der Waals surface area contributed by atoms with Gasteiger partial charge in [-0.1, -0.05) is 18.5 Å². The Kier molecular flexibility index (Phi) is 5.50. The largest absolute Gasteiger partial charge is 0.395 e. The molecule has 0 radical (unpaired) electrons. The van der Waals surface area contributed by atoms with Crippen molar-refractivity contribution in [3.8, 4) is 0 Å². The molecule has 22 heavy (non-hydrogen) atoms. The molecule has 0 saturated carbocycles. The lowest BCUT2D eigenvalue weighted by Gasteiger charge is -2.26. The zero-order valence-corrected chi connectivity index (χ0v) is 15.2. The van der Waals surface area contributed by atoms with E-state index in [4.69, 9.17) is 11.6 Å². The number of fused-ring (bicyclic) bond motifs is 1. The Morgan fingerprint density at radius 2 is 2.09 bits per heavy atom. The number of aliphatic hydroxyl groups is 1. The molecule has 1 aromatic heterocycles. The van der Waals surface area contributed by atoms with Gasteiger partial charge in [-0.05, 0) is 49.4 Å². The maximum Gasteiger partial charge on any atom is 0.253 e. The zero-order valence-electron chi connectivity index (χ0n) is 12.8. The summed E-state index contributed by atoms with van der Waals surface area (Å²) in [6.07, 6.45) is 0.694. The molecule has 1 unspecified atom stereocenters. The third-order valence-corrected chi connectivity index (χ3v) is 7.72. The molecular weight excluding hydrogens is 342 g/mol. The fourth-order valence-electron chi connectivity index (χ4n) is 2.41. The number of sulfonamides is 1. The van der Waals surface area contributed by atoms with Gasteiger partial charge in [0.25, 0.3) is 10.0 Å². The lowest BCUT2D eigenvalue weighted by atomic mass is 10.2. The Morgan fingerprint density at radius 3 is 2.68 bits per heavy atom. The van der Waals surface area contributed by atoms with Crippen molar-refractivity contribution in [3.63, 3.8) is 0 Å². The molecule has 2 aromatic rings. The van der Waals surface area contributed by atoms with Gasteiger partial charge in [0.2, 0.25) is 0 Å². The van der Waals surface area contributed by atoms with E-state index in [2.05, 4.69) is 0 Å². The van der Waals surface area contributed by atoms with E-state index in [1.807, 2.05) is 13.0 Å². The van der Waals surface area contributed by atoms with Crippen molar-refractivity contribution in [2.24, 2.45) is 0 Å². The van der Waals surface area contributed by atoms with E-state index in [0.29, 0.717) is 27.8 Å². The second kappa shape index (κ2) is 6.84. The van der Waals surface area contributed by atoms with Gasteiger partial charge in [0.1, 0.15) is 4.21 Å². The van der Waals surface area contributed by atoms with Crippen molar-refractivity contribution in [1.29, 1.82) is 0 Å². The summed E-state index contributed by atoms with van der Waals surface area (Å²) in [6.45, 7) is 5.63. The van der Waals surface area contributed by atoms with Crippen LogP contribution in [0.25, 0.3) is 10.1 Å². The fraction of sp³-hybridized carbons (Fsp3) is 0.467. The Bertz CT molecular complexity index is 770. The van der Waals surface area contributed by atoms with E-state index in [0.717, 1.165) is 10.1 Å². The summed E-state index contributed by atoms with van der Waals surface area (Å²) >= 11 is 7.26. The number of nitrogens with zero attached hydrogens (tertiary/aromatic N) is 1. The van der Waals surface area contributed by atoms with E-state index in [1.54, 1.807) is 26.0 Å². The van der Waals surface area contributed by atoms with Crippen LogP contribution in [-0.2, 0) is 10.0 Å². The van der Waals surface area contributed by atoms with Crippen molar-refractivity contribution in [1.82, 2.24) is 4.31 Å². The van der Waals surface area contributed by atoms with E-state index in [9.17, 15) is 13.5 Å². The molecule has 0 aliphatic rings. The van der Waals surface area contributed by atoms with Crippen molar-refractivity contribution in [2.75, 3.05) is 13.2 Å². The summed E-state index contributed by atoms with van der Waals surface area (Å²) in [5.41, 5.74) is 0.716. The maximum absolute atomic E-state index is 13.0. The highest BCUT2D eigenvalue weighted by Gasteiger charge is 2.31. The van der Waals surface area contributed by atoms with Crippen LogP contribution >= 0.6 is 22.9 Å². The number of thiophene rings is 1. The Morgan fingerprint density at radius 1 is 1.41 bits per heavy atom. The molecule has 122 valence electrons. The number of hydrogen-bond donors (Lipinski definition) is 1. The van der Waals surface area contributed by atoms with Gasteiger partial charge in [0, 0.05) is 22.3 Å². The van der Waals surface area contributed by atoms with E-state index in [1.165, 1.54) is 15.6 Å². The van der Waals surface area contributed by atoms with E-state index >= 15 is 0 Å². The summed E-state index contributed by atoms with van der Waals surface area (Å²) in [7, 11) is -3.63. The first-order valence-electron chi connectivity index (χ1n) is 7.14. The quantitative estimate of drug-likeness (QED) is 0.854. The zero-order chi connectivity index (χ0) is 16.5. The maximum atomic E-state index is 13.0. The fourth-order valence-corrected chi connectivity index (χ4v) is 6.16. The van der Waals surface area contributed by atoms with Crippen LogP contribution in [0, 0.1) is 6.92 Å². The smallest absolute Gasteiger partial charge is 0.253 e. The average Bonchev–Trinajstić information content (AvgIpc) is 2.81.